The van der Waals surface area contributed by atoms with Crippen molar-refractivity contribution < 1.29 is 8.42 Å². The van der Waals surface area contributed by atoms with E-state index in [0.29, 0.717) is 12.2 Å². The van der Waals surface area contributed by atoms with E-state index >= 15 is 0 Å². The van der Waals surface area contributed by atoms with Crippen LogP contribution in [0, 0.1) is 0 Å². The van der Waals surface area contributed by atoms with Crippen molar-refractivity contribution in [1.29, 1.82) is 0 Å². The van der Waals surface area contributed by atoms with Crippen LogP contribution < -0.4 is 5.43 Å². The Bertz CT molecular complexity index is 340. The summed E-state index contributed by atoms with van der Waals surface area (Å²) in [5.74, 6) is 0.569. The van der Waals surface area contributed by atoms with Gasteiger partial charge < -0.3 is 5.43 Å². The van der Waals surface area contributed by atoms with Crippen molar-refractivity contribution in [1.82, 2.24) is 5.43 Å². The molecule has 0 aromatic rings. The maximum Gasteiger partial charge on any atom is 0.152 e. The van der Waals surface area contributed by atoms with Crippen molar-refractivity contribution in [2.24, 2.45) is 5.10 Å². The first-order chi connectivity index (χ1) is 7.16. The van der Waals surface area contributed by atoms with Crippen molar-refractivity contribution in [3.05, 3.63) is 0 Å². The molecule has 1 N–H and O–H groups in total. The molecule has 0 aromatic heterocycles. The normalized spacial score (nSPS) is 30.1. The van der Waals surface area contributed by atoms with E-state index in [9.17, 15) is 8.42 Å². The highest BCUT2D eigenvalue weighted by atomic mass is 32.2. The summed E-state index contributed by atoms with van der Waals surface area (Å²) in [5, 5.41) is 4.33. The Kier molecular flexibility index (Phi) is 3.29. The van der Waals surface area contributed by atoms with Gasteiger partial charge in [-0.15, -0.1) is 0 Å². The van der Waals surface area contributed by atoms with Gasteiger partial charge in [-0.3, -0.25) is 0 Å². The van der Waals surface area contributed by atoms with Gasteiger partial charge in [-0.2, -0.15) is 5.10 Å². The van der Waals surface area contributed by atoms with E-state index in [1.165, 1.54) is 25.0 Å². The smallest absolute Gasteiger partial charge is 0.152 e. The first-order valence-electron chi connectivity index (χ1n) is 5.67. The molecule has 5 heteroatoms. The predicted octanol–water partition coefficient (Wildman–Crippen LogP) is 1.08. The van der Waals surface area contributed by atoms with E-state index in [1.807, 2.05) is 0 Å². The van der Waals surface area contributed by atoms with Crippen LogP contribution in [0.3, 0.4) is 0 Å². The first kappa shape index (κ1) is 10.9. The zero-order valence-corrected chi connectivity index (χ0v) is 9.72. The average molecular weight is 230 g/mol. The van der Waals surface area contributed by atoms with Gasteiger partial charge in [-0.1, -0.05) is 6.42 Å². The summed E-state index contributed by atoms with van der Waals surface area (Å²) in [6, 6.07) is 0.0458. The third-order valence-corrected chi connectivity index (χ3v) is 4.84. The second-order valence-electron chi connectivity index (χ2n) is 4.47. The minimum absolute atomic E-state index is 0.0458. The fourth-order valence-corrected chi connectivity index (χ4v) is 3.82. The summed E-state index contributed by atoms with van der Waals surface area (Å²) in [6.07, 6.45) is 6.61. The molecule has 4 nitrogen and oxygen atoms in total. The van der Waals surface area contributed by atoms with Crippen LogP contribution in [0.4, 0.5) is 0 Å². The molecule has 1 atom stereocenters. The van der Waals surface area contributed by atoms with Gasteiger partial charge in [0.25, 0.3) is 0 Å². The van der Waals surface area contributed by atoms with Gasteiger partial charge in [-0.25, -0.2) is 8.42 Å². The molecule has 1 saturated carbocycles. The Balaban J connectivity index is 1.83. The number of hydrogen-bond donors (Lipinski definition) is 1. The first-order valence-corrected chi connectivity index (χ1v) is 7.49. The van der Waals surface area contributed by atoms with Gasteiger partial charge in [0, 0.05) is 5.71 Å². The topological polar surface area (TPSA) is 58.5 Å². The summed E-state index contributed by atoms with van der Waals surface area (Å²) in [4.78, 5) is 0. The number of hydrazone groups is 1. The lowest BCUT2D eigenvalue weighted by Crippen LogP contribution is -2.27. The maximum absolute atomic E-state index is 11.2. The zero-order chi connectivity index (χ0) is 10.7. The van der Waals surface area contributed by atoms with Crippen LogP contribution in [-0.2, 0) is 9.84 Å². The Hall–Kier alpha value is -0.580. The predicted molar refractivity (Wildman–Crippen MR) is 60.7 cm³/mol. The Morgan fingerprint density at radius 3 is 2.53 bits per heavy atom. The molecule has 15 heavy (non-hydrogen) atoms. The van der Waals surface area contributed by atoms with Crippen LogP contribution in [0.15, 0.2) is 5.10 Å². The lowest BCUT2D eigenvalue weighted by molar-refractivity contribution is 0.567. The van der Waals surface area contributed by atoms with Gasteiger partial charge in [0.2, 0.25) is 0 Å². The third-order valence-electron chi connectivity index (χ3n) is 3.07. The molecular formula is C10H18N2O2S. The molecule has 0 amide bonds. The molecule has 2 fully saturated rings. The van der Waals surface area contributed by atoms with Crippen LogP contribution in [0.1, 0.15) is 38.5 Å². The van der Waals surface area contributed by atoms with Gasteiger partial charge in [0.1, 0.15) is 0 Å². The molecule has 1 aliphatic carbocycles. The Morgan fingerprint density at radius 2 is 1.93 bits per heavy atom. The monoisotopic (exact) mass is 230 g/mol. The van der Waals surface area contributed by atoms with Gasteiger partial charge in [0.05, 0.1) is 17.5 Å². The molecular weight excluding hydrogens is 212 g/mol. The van der Waals surface area contributed by atoms with E-state index in [1.54, 1.807) is 0 Å². The molecule has 0 aromatic carbocycles. The number of sulfone groups is 1. The molecule has 0 spiro atoms. The van der Waals surface area contributed by atoms with Crippen molar-refractivity contribution in [2.75, 3.05) is 11.5 Å². The summed E-state index contributed by atoms with van der Waals surface area (Å²) >= 11 is 0. The molecule has 86 valence electrons. The minimum Gasteiger partial charge on any atom is -0.306 e. The zero-order valence-electron chi connectivity index (χ0n) is 8.91. The second-order valence-corrected chi connectivity index (χ2v) is 6.70. The SMILES string of the molecule is O=S1(=O)CCC(NN=C2CCCCC2)C1. The molecule has 2 rings (SSSR count). The summed E-state index contributed by atoms with van der Waals surface area (Å²) < 4.78 is 22.4. The minimum atomic E-state index is -2.78. The molecule has 1 heterocycles. The second kappa shape index (κ2) is 4.51. The van der Waals surface area contributed by atoms with Crippen LogP contribution in [0.25, 0.3) is 0 Å². The van der Waals surface area contributed by atoms with Crippen molar-refractivity contribution in [2.45, 2.75) is 44.6 Å². The summed E-state index contributed by atoms with van der Waals surface area (Å²) in [7, 11) is -2.78. The highest BCUT2D eigenvalue weighted by Crippen LogP contribution is 2.15. The fourth-order valence-electron chi connectivity index (χ4n) is 2.15. The van der Waals surface area contributed by atoms with Gasteiger partial charge >= 0.3 is 0 Å². The molecule has 0 bridgehead atoms. The van der Waals surface area contributed by atoms with Crippen LogP contribution in [0.5, 0.6) is 0 Å². The number of nitrogens with zero attached hydrogens (tertiary/aromatic N) is 1. The molecule has 1 aliphatic heterocycles. The van der Waals surface area contributed by atoms with Crippen molar-refractivity contribution in [3.63, 3.8) is 0 Å². The Labute approximate surface area is 91.1 Å². The maximum atomic E-state index is 11.2. The largest absolute Gasteiger partial charge is 0.306 e. The fraction of sp³-hybridized carbons (Fsp3) is 0.900. The molecule has 0 radical (unpaired) electrons. The van der Waals surface area contributed by atoms with E-state index in [0.717, 1.165) is 12.8 Å². The lowest BCUT2D eigenvalue weighted by atomic mass is 9.99. The van der Waals surface area contributed by atoms with E-state index in [4.69, 9.17) is 0 Å². The standard InChI is InChI=1S/C10H18N2O2S/c13-15(14)7-6-10(8-15)12-11-9-4-2-1-3-5-9/h10,12H,1-8H2. The molecule has 2 aliphatic rings. The summed E-state index contributed by atoms with van der Waals surface area (Å²) in [5.41, 5.74) is 4.23. The number of hydrogen-bond acceptors (Lipinski definition) is 4. The van der Waals surface area contributed by atoms with E-state index in [2.05, 4.69) is 10.5 Å². The highest BCUT2D eigenvalue weighted by molar-refractivity contribution is 7.91. The van der Waals surface area contributed by atoms with Crippen LogP contribution in [0.2, 0.25) is 0 Å². The highest BCUT2D eigenvalue weighted by Gasteiger charge is 2.27. The molecule has 1 saturated heterocycles. The van der Waals surface area contributed by atoms with Crippen molar-refractivity contribution in [3.8, 4) is 0 Å². The number of rotatable bonds is 2. The van der Waals surface area contributed by atoms with Gasteiger partial charge in [0.15, 0.2) is 9.84 Å². The molecule has 1 unspecified atom stereocenters. The van der Waals surface area contributed by atoms with Crippen molar-refractivity contribution >= 4 is 15.5 Å². The van der Waals surface area contributed by atoms with Gasteiger partial charge in [-0.05, 0) is 32.1 Å². The number of nitrogens with one attached hydrogen (secondary N) is 1. The summed E-state index contributed by atoms with van der Waals surface area (Å²) in [6.45, 7) is 0. The van der Waals surface area contributed by atoms with Crippen LogP contribution in [-0.4, -0.2) is 31.7 Å². The third kappa shape index (κ3) is 3.19. The average Bonchev–Trinajstić information content (AvgIpc) is 2.57. The van der Waals surface area contributed by atoms with E-state index < -0.39 is 9.84 Å². The lowest BCUT2D eigenvalue weighted by Gasteiger charge is -2.14. The van der Waals surface area contributed by atoms with Crippen LogP contribution >= 0.6 is 0 Å². The Morgan fingerprint density at radius 1 is 1.20 bits per heavy atom. The quantitative estimate of drug-likeness (QED) is 0.722. The van der Waals surface area contributed by atoms with E-state index in [-0.39, 0.29) is 11.8 Å².